The standard InChI is InChI=1S/C19H22N2O2S/c1-14(17-5-4-12-24-17)20(2)19(23)16-9-7-15(8-10-16)13-21-11-3-6-18(21)22/h4-5,7-10,12,14H,3,6,11,13H2,1-2H3/t14-/m1/s1. The summed E-state index contributed by atoms with van der Waals surface area (Å²) in [6, 6.07) is 11.7. The molecule has 2 heterocycles. The van der Waals surface area contributed by atoms with Crippen molar-refractivity contribution >= 4 is 23.2 Å². The van der Waals surface area contributed by atoms with Gasteiger partial charge in [-0.25, -0.2) is 0 Å². The van der Waals surface area contributed by atoms with Crippen molar-refractivity contribution in [1.82, 2.24) is 9.80 Å². The number of benzene rings is 1. The van der Waals surface area contributed by atoms with E-state index in [0.717, 1.165) is 18.5 Å². The van der Waals surface area contributed by atoms with Crippen molar-refractivity contribution in [3.05, 3.63) is 57.8 Å². The topological polar surface area (TPSA) is 40.6 Å². The van der Waals surface area contributed by atoms with Crippen LogP contribution in [-0.4, -0.2) is 35.2 Å². The quantitative estimate of drug-likeness (QED) is 0.831. The van der Waals surface area contributed by atoms with Gasteiger partial charge < -0.3 is 9.80 Å². The first kappa shape index (κ1) is 16.7. The molecule has 0 bridgehead atoms. The van der Waals surface area contributed by atoms with Gasteiger partial charge in [-0.15, -0.1) is 11.3 Å². The van der Waals surface area contributed by atoms with Gasteiger partial charge >= 0.3 is 0 Å². The van der Waals surface area contributed by atoms with E-state index >= 15 is 0 Å². The molecule has 0 N–H and O–H groups in total. The van der Waals surface area contributed by atoms with E-state index in [1.165, 1.54) is 4.88 Å². The van der Waals surface area contributed by atoms with Crippen molar-refractivity contribution in [3.8, 4) is 0 Å². The number of nitrogens with zero attached hydrogens (tertiary/aromatic N) is 2. The van der Waals surface area contributed by atoms with Crippen LogP contribution in [0.2, 0.25) is 0 Å². The fraction of sp³-hybridized carbons (Fsp3) is 0.368. The molecule has 1 atom stereocenters. The first-order valence-electron chi connectivity index (χ1n) is 8.23. The molecule has 5 heteroatoms. The van der Waals surface area contributed by atoms with Crippen molar-refractivity contribution in [2.75, 3.05) is 13.6 Å². The molecule has 1 aromatic carbocycles. The maximum Gasteiger partial charge on any atom is 0.254 e. The Labute approximate surface area is 146 Å². The van der Waals surface area contributed by atoms with Crippen molar-refractivity contribution in [1.29, 1.82) is 0 Å². The van der Waals surface area contributed by atoms with Gasteiger partial charge in [0.15, 0.2) is 0 Å². The third-order valence-corrected chi connectivity index (χ3v) is 5.64. The number of amides is 2. The molecule has 4 nitrogen and oxygen atoms in total. The van der Waals surface area contributed by atoms with Crippen molar-refractivity contribution in [2.45, 2.75) is 32.4 Å². The molecule has 1 fully saturated rings. The van der Waals surface area contributed by atoms with E-state index in [1.54, 1.807) is 16.2 Å². The summed E-state index contributed by atoms with van der Waals surface area (Å²) in [5.41, 5.74) is 1.74. The summed E-state index contributed by atoms with van der Waals surface area (Å²) in [6.07, 6.45) is 1.60. The normalized spacial score (nSPS) is 15.6. The predicted octanol–water partition coefficient (Wildman–Crippen LogP) is 3.70. The Kier molecular flexibility index (Phi) is 5.00. The zero-order valence-electron chi connectivity index (χ0n) is 14.1. The van der Waals surface area contributed by atoms with E-state index in [9.17, 15) is 9.59 Å². The molecule has 0 spiro atoms. The fourth-order valence-electron chi connectivity index (χ4n) is 2.94. The summed E-state index contributed by atoms with van der Waals surface area (Å²) in [4.78, 5) is 29.2. The van der Waals surface area contributed by atoms with E-state index in [2.05, 4.69) is 6.07 Å². The first-order valence-corrected chi connectivity index (χ1v) is 9.11. The molecule has 24 heavy (non-hydrogen) atoms. The highest BCUT2D eigenvalue weighted by molar-refractivity contribution is 7.10. The molecule has 0 radical (unpaired) electrons. The Balaban J connectivity index is 1.66. The number of carbonyl (C=O) groups excluding carboxylic acids is 2. The van der Waals surface area contributed by atoms with Gasteiger partial charge in [-0.2, -0.15) is 0 Å². The zero-order chi connectivity index (χ0) is 17.1. The largest absolute Gasteiger partial charge is 0.338 e. The monoisotopic (exact) mass is 342 g/mol. The molecular weight excluding hydrogens is 320 g/mol. The predicted molar refractivity (Wildman–Crippen MR) is 95.9 cm³/mol. The number of hydrogen-bond acceptors (Lipinski definition) is 3. The molecule has 3 rings (SSSR count). The molecule has 1 saturated heterocycles. The molecule has 0 aliphatic carbocycles. The molecular formula is C19H22N2O2S. The lowest BCUT2D eigenvalue weighted by Crippen LogP contribution is -2.29. The molecule has 0 saturated carbocycles. The van der Waals surface area contributed by atoms with Crippen molar-refractivity contribution in [3.63, 3.8) is 0 Å². The summed E-state index contributed by atoms with van der Waals surface area (Å²) < 4.78 is 0. The fourth-order valence-corrected chi connectivity index (χ4v) is 3.77. The van der Waals surface area contributed by atoms with Crippen molar-refractivity contribution in [2.24, 2.45) is 0 Å². The summed E-state index contributed by atoms with van der Waals surface area (Å²) in [5.74, 6) is 0.236. The van der Waals surface area contributed by atoms with Gasteiger partial charge in [-0.05, 0) is 42.5 Å². The summed E-state index contributed by atoms with van der Waals surface area (Å²) in [6.45, 7) is 3.51. The Morgan fingerprint density at radius 3 is 2.62 bits per heavy atom. The van der Waals surface area contributed by atoms with Crippen LogP contribution in [0.3, 0.4) is 0 Å². The van der Waals surface area contributed by atoms with Gasteiger partial charge in [-0.3, -0.25) is 9.59 Å². The average Bonchev–Trinajstić information content (AvgIpc) is 3.26. The number of carbonyl (C=O) groups is 2. The van der Waals surface area contributed by atoms with Gasteiger partial charge in [0.25, 0.3) is 5.91 Å². The number of likely N-dealkylation sites (tertiary alicyclic amines) is 1. The van der Waals surface area contributed by atoms with Gasteiger partial charge in [0, 0.05) is 37.0 Å². The van der Waals surface area contributed by atoms with Gasteiger partial charge in [0.05, 0.1) is 6.04 Å². The van der Waals surface area contributed by atoms with Crippen LogP contribution in [0.25, 0.3) is 0 Å². The number of thiophene rings is 1. The second-order valence-corrected chi connectivity index (χ2v) is 7.20. The SMILES string of the molecule is C[C@H](c1cccs1)N(C)C(=O)c1ccc(CN2CCCC2=O)cc1. The molecule has 0 unspecified atom stereocenters. The zero-order valence-corrected chi connectivity index (χ0v) is 14.9. The van der Waals surface area contributed by atoms with E-state index in [4.69, 9.17) is 0 Å². The highest BCUT2D eigenvalue weighted by Crippen LogP contribution is 2.25. The highest BCUT2D eigenvalue weighted by atomic mass is 32.1. The van der Waals surface area contributed by atoms with Crippen LogP contribution in [0.15, 0.2) is 41.8 Å². The number of rotatable bonds is 5. The van der Waals surface area contributed by atoms with E-state index in [1.807, 2.05) is 54.6 Å². The second kappa shape index (κ2) is 7.18. The smallest absolute Gasteiger partial charge is 0.254 e. The lowest BCUT2D eigenvalue weighted by atomic mass is 10.1. The van der Waals surface area contributed by atoms with Crippen LogP contribution in [0.1, 0.15) is 46.6 Å². The lowest BCUT2D eigenvalue weighted by molar-refractivity contribution is -0.128. The summed E-state index contributed by atoms with van der Waals surface area (Å²) in [5, 5.41) is 2.03. The van der Waals surface area contributed by atoms with E-state index in [0.29, 0.717) is 18.5 Å². The van der Waals surface area contributed by atoms with E-state index < -0.39 is 0 Å². The molecule has 1 aliphatic rings. The highest BCUT2D eigenvalue weighted by Gasteiger charge is 2.21. The molecule has 2 amide bonds. The Morgan fingerprint density at radius 1 is 1.29 bits per heavy atom. The molecule has 1 aromatic heterocycles. The van der Waals surface area contributed by atoms with Gasteiger partial charge in [0.2, 0.25) is 5.91 Å². The maximum absolute atomic E-state index is 12.7. The van der Waals surface area contributed by atoms with E-state index in [-0.39, 0.29) is 17.9 Å². The van der Waals surface area contributed by atoms with Crippen LogP contribution in [0.4, 0.5) is 0 Å². The van der Waals surface area contributed by atoms with Gasteiger partial charge in [0.1, 0.15) is 0 Å². The molecule has 1 aliphatic heterocycles. The van der Waals surface area contributed by atoms with Gasteiger partial charge in [-0.1, -0.05) is 18.2 Å². The third kappa shape index (κ3) is 3.51. The number of hydrogen-bond donors (Lipinski definition) is 0. The maximum atomic E-state index is 12.7. The minimum atomic E-state index is 0.0136. The van der Waals surface area contributed by atoms with Crippen molar-refractivity contribution < 1.29 is 9.59 Å². The van der Waals surface area contributed by atoms with Crippen LogP contribution < -0.4 is 0 Å². The first-order chi connectivity index (χ1) is 11.6. The minimum Gasteiger partial charge on any atom is -0.338 e. The third-order valence-electron chi connectivity index (χ3n) is 4.60. The van der Waals surface area contributed by atoms with Crippen LogP contribution in [-0.2, 0) is 11.3 Å². The molecule has 126 valence electrons. The molecule has 2 aromatic rings. The van der Waals surface area contributed by atoms with Crippen LogP contribution >= 0.6 is 11.3 Å². The Bertz CT molecular complexity index is 709. The lowest BCUT2D eigenvalue weighted by Gasteiger charge is -2.24. The minimum absolute atomic E-state index is 0.0136. The average molecular weight is 342 g/mol. The second-order valence-electron chi connectivity index (χ2n) is 6.22. The Morgan fingerprint density at radius 2 is 2.04 bits per heavy atom. The summed E-state index contributed by atoms with van der Waals surface area (Å²) in [7, 11) is 1.84. The Hall–Kier alpha value is -2.14. The van der Waals surface area contributed by atoms with Crippen LogP contribution in [0, 0.1) is 0 Å². The summed E-state index contributed by atoms with van der Waals surface area (Å²) >= 11 is 1.66. The van der Waals surface area contributed by atoms with Crippen LogP contribution in [0.5, 0.6) is 0 Å².